The van der Waals surface area contributed by atoms with Gasteiger partial charge in [0.2, 0.25) is 11.8 Å². The standard InChI is InChI=1S/C24H34N2O3/c1-9-22(3,4)26(21(29)19-23(5,6)24(19,7)8)17-14-18(27)25(20(17)28)16-12-10-15(2)11-13-16/h10-13,17,19H,9,14H2,1-8H3. The first-order valence-electron chi connectivity index (χ1n) is 10.5. The SMILES string of the molecule is CCC(C)(C)N(C(=O)C1C(C)(C)C1(C)C)C1CC(=O)N(c2ccc(C)cc2)C1=O. The number of hydrogen-bond acceptors (Lipinski definition) is 3. The molecule has 0 radical (unpaired) electrons. The predicted molar refractivity (Wildman–Crippen MR) is 114 cm³/mol. The number of anilines is 1. The van der Waals surface area contributed by atoms with E-state index >= 15 is 0 Å². The van der Waals surface area contributed by atoms with Gasteiger partial charge in [-0.25, -0.2) is 4.90 Å². The molecule has 0 N–H and O–H groups in total. The van der Waals surface area contributed by atoms with Crippen LogP contribution in [0.25, 0.3) is 0 Å². The molecular formula is C24H34N2O3. The fraction of sp³-hybridized carbons (Fsp3) is 0.625. The molecule has 0 bridgehead atoms. The molecule has 1 saturated heterocycles. The lowest BCUT2D eigenvalue weighted by atomic mass is 9.94. The highest BCUT2D eigenvalue weighted by Crippen LogP contribution is 2.69. The number of rotatable bonds is 5. The average molecular weight is 399 g/mol. The number of benzene rings is 1. The van der Waals surface area contributed by atoms with Crippen molar-refractivity contribution in [2.75, 3.05) is 4.90 Å². The van der Waals surface area contributed by atoms with Crippen molar-refractivity contribution in [2.45, 2.75) is 79.8 Å². The molecule has 5 nitrogen and oxygen atoms in total. The molecular weight excluding hydrogens is 364 g/mol. The van der Waals surface area contributed by atoms with E-state index in [0.29, 0.717) is 12.1 Å². The van der Waals surface area contributed by atoms with Crippen molar-refractivity contribution < 1.29 is 14.4 Å². The number of nitrogens with zero attached hydrogens (tertiary/aromatic N) is 2. The van der Waals surface area contributed by atoms with Crippen LogP contribution in [0.2, 0.25) is 0 Å². The van der Waals surface area contributed by atoms with Crippen LogP contribution in [0.4, 0.5) is 5.69 Å². The van der Waals surface area contributed by atoms with E-state index < -0.39 is 11.6 Å². The molecule has 158 valence electrons. The highest BCUT2D eigenvalue weighted by Gasteiger charge is 2.70. The van der Waals surface area contributed by atoms with Gasteiger partial charge < -0.3 is 4.90 Å². The first-order chi connectivity index (χ1) is 13.3. The van der Waals surface area contributed by atoms with Gasteiger partial charge in [0.15, 0.2) is 0 Å². The van der Waals surface area contributed by atoms with E-state index in [1.54, 1.807) is 17.0 Å². The lowest BCUT2D eigenvalue weighted by Gasteiger charge is -2.41. The highest BCUT2D eigenvalue weighted by atomic mass is 16.2. The first kappa shape index (κ1) is 21.5. The molecule has 1 atom stereocenters. The number of amides is 3. The summed E-state index contributed by atoms with van der Waals surface area (Å²) in [5.41, 5.74) is 0.854. The molecule has 1 aliphatic carbocycles. The molecule has 1 aromatic rings. The van der Waals surface area contributed by atoms with Crippen molar-refractivity contribution in [3.8, 4) is 0 Å². The Morgan fingerprint density at radius 3 is 2.07 bits per heavy atom. The minimum atomic E-state index is -0.751. The Balaban J connectivity index is 1.97. The van der Waals surface area contributed by atoms with Crippen LogP contribution in [0.3, 0.4) is 0 Å². The van der Waals surface area contributed by atoms with Crippen LogP contribution in [-0.4, -0.2) is 34.2 Å². The van der Waals surface area contributed by atoms with Crippen molar-refractivity contribution in [1.29, 1.82) is 0 Å². The fourth-order valence-electron chi connectivity index (χ4n) is 4.78. The van der Waals surface area contributed by atoms with Gasteiger partial charge in [0, 0.05) is 11.5 Å². The van der Waals surface area contributed by atoms with Gasteiger partial charge in [0.05, 0.1) is 12.1 Å². The number of hydrogen-bond donors (Lipinski definition) is 0. The largest absolute Gasteiger partial charge is 0.325 e. The lowest BCUT2D eigenvalue weighted by Crippen LogP contribution is -2.56. The maximum absolute atomic E-state index is 13.7. The van der Waals surface area contributed by atoms with Gasteiger partial charge in [0.1, 0.15) is 6.04 Å². The Morgan fingerprint density at radius 1 is 1.10 bits per heavy atom. The monoisotopic (exact) mass is 398 g/mol. The van der Waals surface area contributed by atoms with Crippen LogP contribution in [0, 0.1) is 23.7 Å². The van der Waals surface area contributed by atoms with Crippen LogP contribution in [-0.2, 0) is 14.4 Å². The van der Waals surface area contributed by atoms with Crippen LogP contribution in [0.15, 0.2) is 24.3 Å². The maximum atomic E-state index is 13.7. The van der Waals surface area contributed by atoms with E-state index in [2.05, 4.69) is 27.7 Å². The average Bonchev–Trinajstić information content (AvgIpc) is 2.86. The molecule has 1 saturated carbocycles. The summed E-state index contributed by atoms with van der Waals surface area (Å²) in [5, 5.41) is 0. The Bertz CT molecular complexity index is 837. The van der Waals surface area contributed by atoms with Gasteiger partial charge in [0.25, 0.3) is 5.91 Å². The van der Waals surface area contributed by atoms with Crippen LogP contribution < -0.4 is 4.90 Å². The molecule has 5 heteroatoms. The molecule has 3 rings (SSSR count). The highest BCUT2D eigenvalue weighted by molar-refractivity contribution is 6.23. The Hall–Kier alpha value is -2.17. The molecule has 1 heterocycles. The van der Waals surface area contributed by atoms with Crippen molar-refractivity contribution in [3.63, 3.8) is 0 Å². The van der Waals surface area contributed by atoms with E-state index in [1.165, 1.54) is 4.90 Å². The third-order valence-corrected chi connectivity index (χ3v) is 7.75. The number of carbonyl (C=O) groups is 3. The molecule has 0 aromatic heterocycles. The van der Waals surface area contributed by atoms with E-state index in [1.807, 2.05) is 39.8 Å². The summed E-state index contributed by atoms with van der Waals surface area (Å²) in [4.78, 5) is 42.9. The zero-order valence-electron chi connectivity index (χ0n) is 19.0. The topological polar surface area (TPSA) is 57.7 Å². The molecule has 29 heavy (non-hydrogen) atoms. The van der Waals surface area contributed by atoms with Crippen molar-refractivity contribution >= 4 is 23.4 Å². The number of imide groups is 1. The number of aryl methyl sites for hydroxylation is 1. The zero-order chi connectivity index (χ0) is 21.9. The fourth-order valence-corrected chi connectivity index (χ4v) is 4.78. The third kappa shape index (κ3) is 3.19. The van der Waals surface area contributed by atoms with Crippen LogP contribution in [0.1, 0.15) is 66.9 Å². The maximum Gasteiger partial charge on any atom is 0.257 e. The molecule has 1 aromatic carbocycles. The Morgan fingerprint density at radius 2 is 1.62 bits per heavy atom. The van der Waals surface area contributed by atoms with Gasteiger partial charge >= 0.3 is 0 Å². The van der Waals surface area contributed by atoms with Gasteiger partial charge in [-0.1, -0.05) is 52.3 Å². The molecule has 3 amide bonds. The molecule has 0 spiro atoms. The summed E-state index contributed by atoms with van der Waals surface area (Å²) in [5.74, 6) is -0.714. The smallest absolute Gasteiger partial charge is 0.257 e. The second-order valence-corrected chi connectivity index (χ2v) is 10.4. The van der Waals surface area contributed by atoms with Gasteiger partial charge in [-0.2, -0.15) is 0 Å². The summed E-state index contributed by atoms with van der Waals surface area (Å²) < 4.78 is 0. The lowest BCUT2D eigenvalue weighted by molar-refractivity contribution is -0.147. The summed E-state index contributed by atoms with van der Waals surface area (Å²) in [6.45, 7) is 16.4. The van der Waals surface area contributed by atoms with E-state index in [-0.39, 0.29) is 40.9 Å². The van der Waals surface area contributed by atoms with Crippen LogP contribution in [0.5, 0.6) is 0 Å². The van der Waals surface area contributed by atoms with E-state index in [4.69, 9.17) is 0 Å². The zero-order valence-corrected chi connectivity index (χ0v) is 19.0. The minimum absolute atomic E-state index is 0.0104. The Kier molecular flexibility index (Phi) is 4.96. The van der Waals surface area contributed by atoms with Crippen molar-refractivity contribution in [1.82, 2.24) is 4.90 Å². The van der Waals surface area contributed by atoms with Crippen molar-refractivity contribution in [3.05, 3.63) is 29.8 Å². The van der Waals surface area contributed by atoms with Gasteiger partial charge in [-0.15, -0.1) is 0 Å². The predicted octanol–water partition coefficient (Wildman–Crippen LogP) is 4.33. The normalized spacial score (nSPS) is 23.4. The second kappa shape index (κ2) is 6.68. The van der Waals surface area contributed by atoms with Gasteiger partial charge in [-0.05, 0) is 50.2 Å². The summed E-state index contributed by atoms with van der Waals surface area (Å²) in [6, 6.07) is 6.60. The van der Waals surface area contributed by atoms with Crippen LogP contribution >= 0.6 is 0 Å². The Labute approximate surface area is 174 Å². The quantitative estimate of drug-likeness (QED) is 0.694. The molecule has 2 fully saturated rings. The minimum Gasteiger partial charge on any atom is -0.325 e. The van der Waals surface area contributed by atoms with E-state index in [9.17, 15) is 14.4 Å². The second-order valence-electron chi connectivity index (χ2n) is 10.4. The number of carbonyl (C=O) groups excluding carboxylic acids is 3. The third-order valence-electron chi connectivity index (χ3n) is 7.75. The summed E-state index contributed by atoms with van der Waals surface area (Å²) in [7, 11) is 0. The van der Waals surface area contributed by atoms with E-state index in [0.717, 1.165) is 5.56 Å². The molecule has 2 aliphatic rings. The van der Waals surface area contributed by atoms with Crippen molar-refractivity contribution in [2.24, 2.45) is 16.7 Å². The summed E-state index contributed by atoms with van der Waals surface area (Å²) in [6.07, 6.45) is 0.740. The first-order valence-corrected chi connectivity index (χ1v) is 10.5. The molecule has 1 unspecified atom stereocenters. The summed E-state index contributed by atoms with van der Waals surface area (Å²) >= 11 is 0. The van der Waals surface area contributed by atoms with Gasteiger partial charge in [-0.3, -0.25) is 14.4 Å². The molecule has 1 aliphatic heterocycles.